The van der Waals surface area contributed by atoms with Crippen molar-refractivity contribution in [3.8, 4) is 61.5 Å². The predicted molar refractivity (Wildman–Crippen MR) is 248 cm³/mol. The van der Waals surface area contributed by atoms with Gasteiger partial charge in [-0.05, 0) is 115 Å². The Balaban J connectivity index is 1.08. The van der Waals surface area contributed by atoms with Crippen LogP contribution >= 0.6 is 0 Å². The number of fused-ring (bicyclic) bond motifs is 8. The molecular formula is C57H40N2. The lowest BCUT2D eigenvalue weighted by atomic mass is 9.82. The number of hydrogen-bond donors (Lipinski definition) is 0. The molecule has 0 aliphatic heterocycles. The Labute approximate surface area is 344 Å². The highest BCUT2D eigenvalue weighted by atomic mass is 15.1. The standard InChI is InChI=1S/C57H40N2/c1-57(2)51-22-10-9-19-46(51)47-33-31-45(36-52(47)57)58(42-27-23-39(24-28-42)37-13-5-3-6-14-37)44-32-34-53-50(35-44)55-48-20-11-17-41-18-12-21-49(54(41)48)56(55)59(53)43-29-25-40(26-30-43)38-15-7-4-8-16-38/h3-36H,1-2H3. The summed E-state index contributed by atoms with van der Waals surface area (Å²) in [5.74, 6) is 0. The van der Waals surface area contributed by atoms with Crippen LogP contribution in [0.3, 0.4) is 0 Å². The number of hydrogen-bond acceptors (Lipinski definition) is 1. The molecule has 0 saturated heterocycles. The van der Waals surface area contributed by atoms with Crippen LogP contribution in [-0.2, 0) is 5.41 Å². The fraction of sp³-hybridized carbons (Fsp3) is 0.0526. The van der Waals surface area contributed by atoms with Crippen molar-refractivity contribution in [2.45, 2.75) is 19.3 Å². The van der Waals surface area contributed by atoms with Crippen molar-refractivity contribution in [2.24, 2.45) is 0 Å². The van der Waals surface area contributed by atoms with E-state index in [1.165, 1.54) is 88.6 Å². The Morgan fingerprint density at radius 2 is 0.949 bits per heavy atom. The van der Waals surface area contributed by atoms with Crippen LogP contribution in [0.15, 0.2) is 206 Å². The first-order valence-corrected chi connectivity index (χ1v) is 20.6. The van der Waals surface area contributed by atoms with E-state index in [4.69, 9.17) is 0 Å². The summed E-state index contributed by atoms with van der Waals surface area (Å²) in [7, 11) is 0. The number of rotatable bonds is 6. The third-order valence-electron chi connectivity index (χ3n) is 12.9. The van der Waals surface area contributed by atoms with Gasteiger partial charge < -0.3 is 9.47 Å². The maximum absolute atomic E-state index is 2.49. The van der Waals surface area contributed by atoms with Crippen LogP contribution in [0.25, 0.3) is 83.1 Å². The zero-order valence-electron chi connectivity index (χ0n) is 33.0. The third kappa shape index (κ3) is 5.06. The lowest BCUT2D eigenvalue weighted by Crippen LogP contribution is -2.16. The second-order valence-corrected chi connectivity index (χ2v) is 16.5. The van der Waals surface area contributed by atoms with E-state index in [-0.39, 0.29) is 5.41 Å². The zero-order valence-corrected chi connectivity index (χ0v) is 33.0. The molecular weight excluding hydrogens is 713 g/mol. The summed E-state index contributed by atoms with van der Waals surface area (Å²) in [6.07, 6.45) is 0. The first-order valence-electron chi connectivity index (χ1n) is 20.6. The fourth-order valence-electron chi connectivity index (χ4n) is 10.1. The van der Waals surface area contributed by atoms with Crippen LogP contribution in [0.5, 0.6) is 0 Å². The Bertz CT molecular complexity index is 3260. The SMILES string of the molecule is CC1(C)c2ccccc2-c2ccc(N(c3ccc(-c4ccccc4)cc3)c3ccc4c(c3)c3c(n4-c4ccc(-c5ccccc5)cc4)-c4cccc5cccc-3c45)cc21. The van der Waals surface area contributed by atoms with Gasteiger partial charge in [0.05, 0.1) is 11.2 Å². The van der Waals surface area contributed by atoms with Gasteiger partial charge in [-0.25, -0.2) is 0 Å². The van der Waals surface area contributed by atoms with Gasteiger partial charge in [0.15, 0.2) is 0 Å². The molecule has 0 N–H and O–H groups in total. The molecule has 2 nitrogen and oxygen atoms in total. The van der Waals surface area contributed by atoms with Gasteiger partial charge in [0.2, 0.25) is 0 Å². The molecule has 0 atom stereocenters. The smallest absolute Gasteiger partial charge is 0.0626 e. The summed E-state index contributed by atoms with van der Waals surface area (Å²) in [6.45, 7) is 4.73. The molecule has 2 heteroatoms. The zero-order chi connectivity index (χ0) is 39.2. The van der Waals surface area contributed by atoms with Crippen molar-refractivity contribution in [1.29, 1.82) is 0 Å². The minimum absolute atomic E-state index is 0.118. The van der Waals surface area contributed by atoms with E-state index in [1.807, 2.05) is 0 Å². The summed E-state index contributed by atoms with van der Waals surface area (Å²) in [6, 6.07) is 76.1. The monoisotopic (exact) mass is 752 g/mol. The molecule has 10 aromatic rings. The summed E-state index contributed by atoms with van der Waals surface area (Å²) >= 11 is 0. The molecule has 2 aliphatic carbocycles. The molecule has 0 saturated carbocycles. The lowest BCUT2D eigenvalue weighted by Gasteiger charge is -2.28. The maximum atomic E-state index is 2.49. The van der Waals surface area contributed by atoms with Crippen molar-refractivity contribution < 1.29 is 0 Å². The molecule has 0 amide bonds. The number of nitrogens with zero attached hydrogens (tertiary/aromatic N) is 2. The van der Waals surface area contributed by atoms with Crippen LogP contribution in [0.1, 0.15) is 25.0 Å². The first kappa shape index (κ1) is 33.7. The number of benzene rings is 9. The minimum Gasteiger partial charge on any atom is -0.310 e. The van der Waals surface area contributed by atoms with Crippen LogP contribution in [-0.4, -0.2) is 4.57 Å². The topological polar surface area (TPSA) is 8.17 Å². The van der Waals surface area contributed by atoms with E-state index in [0.717, 1.165) is 22.7 Å². The quantitative estimate of drug-likeness (QED) is 0.164. The Kier molecular flexibility index (Phi) is 7.31. The molecule has 9 aromatic carbocycles. The van der Waals surface area contributed by atoms with E-state index in [1.54, 1.807) is 0 Å². The average Bonchev–Trinajstić information content (AvgIpc) is 3.89. The van der Waals surface area contributed by atoms with Gasteiger partial charge in [-0.1, -0.05) is 166 Å². The van der Waals surface area contributed by atoms with Crippen LogP contribution in [0.2, 0.25) is 0 Å². The molecule has 1 aromatic heterocycles. The van der Waals surface area contributed by atoms with Crippen molar-refractivity contribution in [1.82, 2.24) is 4.57 Å². The molecule has 0 bridgehead atoms. The molecule has 0 spiro atoms. The van der Waals surface area contributed by atoms with Crippen LogP contribution < -0.4 is 4.90 Å². The predicted octanol–water partition coefficient (Wildman–Crippen LogP) is 15.5. The molecule has 278 valence electrons. The van der Waals surface area contributed by atoms with Gasteiger partial charge in [-0.3, -0.25) is 0 Å². The average molecular weight is 753 g/mol. The summed E-state index contributed by atoms with van der Waals surface area (Å²) in [5, 5.41) is 3.84. The second kappa shape index (κ2) is 12.8. The van der Waals surface area contributed by atoms with Gasteiger partial charge in [-0.15, -0.1) is 0 Å². The van der Waals surface area contributed by atoms with E-state index >= 15 is 0 Å². The van der Waals surface area contributed by atoms with Gasteiger partial charge in [0, 0.05) is 44.7 Å². The van der Waals surface area contributed by atoms with Crippen molar-refractivity contribution in [3.63, 3.8) is 0 Å². The fourth-order valence-corrected chi connectivity index (χ4v) is 10.1. The molecule has 2 aliphatic rings. The largest absolute Gasteiger partial charge is 0.310 e. The highest BCUT2D eigenvalue weighted by Crippen LogP contribution is 2.55. The van der Waals surface area contributed by atoms with Crippen LogP contribution in [0.4, 0.5) is 17.1 Å². The van der Waals surface area contributed by atoms with E-state index in [9.17, 15) is 0 Å². The summed E-state index contributed by atoms with van der Waals surface area (Å²) in [5.41, 5.74) is 21.0. The normalized spacial score (nSPS) is 13.1. The van der Waals surface area contributed by atoms with Gasteiger partial charge in [-0.2, -0.15) is 0 Å². The van der Waals surface area contributed by atoms with E-state index in [0.29, 0.717) is 0 Å². The van der Waals surface area contributed by atoms with Gasteiger partial charge >= 0.3 is 0 Å². The highest BCUT2D eigenvalue weighted by molar-refractivity contribution is 6.22. The summed E-state index contributed by atoms with van der Waals surface area (Å²) < 4.78 is 2.49. The molecule has 1 heterocycles. The molecule has 0 radical (unpaired) electrons. The highest BCUT2D eigenvalue weighted by Gasteiger charge is 2.36. The number of aromatic nitrogens is 1. The molecule has 0 unspecified atom stereocenters. The maximum Gasteiger partial charge on any atom is 0.0626 e. The van der Waals surface area contributed by atoms with Crippen LogP contribution in [0, 0.1) is 0 Å². The van der Waals surface area contributed by atoms with Crippen molar-refractivity contribution in [2.75, 3.05) is 4.90 Å². The Hall–Kier alpha value is -7.42. The van der Waals surface area contributed by atoms with Crippen molar-refractivity contribution >= 4 is 38.7 Å². The Morgan fingerprint density at radius 1 is 0.407 bits per heavy atom. The first-order chi connectivity index (χ1) is 29.0. The Morgan fingerprint density at radius 3 is 1.66 bits per heavy atom. The molecule has 59 heavy (non-hydrogen) atoms. The third-order valence-corrected chi connectivity index (χ3v) is 12.9. The molecule has 12 rings (SSSR count). The van der Waals surface area contributed by atoms with E-state index in [2.05, 4.69) is 230 Å². The number of anilines is 3. The lowest BCUT2D eigenvalue weighted by molar-refractivity contribution is 0.660. The minimum atomic E-state index is -0.118. The van der Waals surface area contributed by atoms with Gasteiger partial charge in [0.1, 0.15) is 0 Å². The van der Waals surface area contributed by atoms with Crippen molar-refractivity contribution in [3.05, 3.63) is 217 Å². The molecule has 0 fully saturated rings. The van der Waals surface area contributed by atoms with E-state index < -0.39 is 0 Å². The van der Waals surface area contributed by atoms with Gasteiger partial charge in [0.25, 0.3) is 0 Å². The second-order valence-electron chi connectivity index (χ2n) is 16.5. The summed E-state index contributed by atoms with van der Waals surface area (Å²) in [4.78, 5) is 2.45.